The van der Waals surface area contributed by atoms with Gasteiger partial charge in [0.05, 0.1) is 19.4 Å². The minimum atomic E-state index is -0.401. The Kier molecular flexibility index (Phi) is 3.66. The van der Waals surface area contributed by atoms with Crippen LogP contribution in [-0.2, 0) is 0 Å². The van der Waals surface area contributed by atoms with Gasteiger partial charge in [-0.3, -0.25) is 9.69 Å². The van der Waals surface area contributed by atoms with Gasteiger partial charge in [0.15, 0.2) is 5.76 Å². The molecule has 0 unspecified atom stereocenters. The number of hydrogen-bond acceptors (Lipinski definition) is 4. The third-order valence-electron chi connectivity index (χ3n) is 2.60. The number of Topliss-reactive ketones (excluding diaryl/α,β-unsaturated/α-hetero) is 1. The highest BCUT2D eigenvalue weighted by Crippen LogP contribution is 2.12. The number of aliphatic hydroxyl groups excluding tert-OH is 1. The first-order valence-corrected chi connectivity index (χ1v) is 4.86. The molecule has 1 aromatic rings. The average Bonchev–Trinajstić information content (AvgIpc) is 2.70. The van der Waals surface area contributed by atoms with E-state index >= 15 is 0 Å². The number of furan rings is 1. The summed E-state index contributed by atoms with van der Waals surface area (Å²) < 4.78 is 5.00. The lowest BCUT2D eigenvalue weighted by molar-refractivity contribution is 0.0642. The molecule has 1 heterocycles. The van der Waals surface area contributed by atoms with Crippen LogP contribution in [0.25, 0.3) is 0 Å². The molecule has 0 saturated heterocycles. The summed E-state index contributed by atoms with van der Waals surface area (Å²) in [5.41, 5.74) is -0.401. The minimum absolute atomic E-state index is 0.00886. The number of carbonyl (C=O) groups excluding carboxylic acids is 1. The highest BCUT2D eigenvalue weighted by Gasteiger charge is 2.25. The summed E-state index contributed by atoms with van der Waals surface area (Å²) in [5, 5.41) is 9.13. The molecule has 84 valence electrons. The number of rotatable bonds is 5. The molecule has 0 spiro atoms. The van der Waals surface area contributed by atoms with E-state index in [1.807, 2.05) is 13.8 Å². The summed E-state index contributed by atoms with van der Waals surface area (Å²) in [6, 6.07) is 3.33. The maximum absolute atomic E-state index is 11.7. The number of likely N-dealkylation sites (N-methyl/N-ethyl adjacent to an activating group) is 1. The predicted octanol–water partition coefficient (Wildman–Crippen LogP) is 1.17. The predicted molar refractivity (Wildman–Crippen MR) is 56.8 cm³/mol. The molecule has 1 aromatic heterocycles. The molecule has 0 aliphatic rings. The van der Waals surface area contributed by atoms with Gasteiger partial charge in [-0.25, -0.2) is 0 Å². The standard InChI is InChI=1S/C11H17NO3/c1-11(2,8-13)12(3)7-9(14)10-5-4-6-15-10/h4-6,13H,7-8H2,1-3H3. The van der Waals surface area contributed by atoms with Crippen LogP contribution in [0.4, 0.5) is 0 Å². The Morgan fingerprint density at radius 3 is 2.73 bits per heavy atom. The topological polar surface area (TPSA) is 53.7 Å². The highest BCUT2D eigenvalue weighted by molar-refractivity contribution is 5.95. The fourth-order valence-corrected chi connectivity index (χ4v) is 1.07. The van der Waals surface area contributed by atoms with Crippen molar-refractivity contribution in [1.29, 1.82) is 0 Å². The van der Waals surface area contributed by atoms with Crippen LogP contribution in [0.5, 0.6) is 0 Å². The summed E-state index contributed by atoms with van der Waals surface area (Å²) in [6.07, 6.45) is 1.48. The summed E-state index contributed by atoms with van der Waals surface area (Å²) in [5.74, 6) is 0.277. The molecule has 4 nitrogen and oxygen atoms in total. The number of carbonyl (C=O) groups is 1. The smallest absolute Gasteiger partial charge is 0.211 e. The van der Waals surface area contributed by atoms with Gasteiger partial charge < -0.3 is 9.52 Å². The Morgan fingerprint density at radius 1 is 1.60 bits per heavy atom. The molecule has 0 fully saturated rings. The van der Waals surface area contributed by atoms with Crippen molar-refractivity contribution in [2.45, 2.75) is 19.4 Å². The van der Waals surface area contributed by atoms with E-state index in [1.54, 1.807) is 24.1 Å². The SMILES string of the molecule is CN(CC(=O)c1ccco1)C(C)(C)CO. The summed E-state index contributed by atoms with van der Waals surface area (Å²) >= 11 is 0. The molecule has 0 saturated carbocycles. The van der Waals surface area contributed by atoms with Crippen LogP contribution in [0.15, 0.2) is 22.8 Å². The number of ketones is 1. The Labute approximate surface area is 89.5 Å². The van der Waals surface area contributed by atoms with Gasteiger partial charge in [0, 0.05) is 5.54 Å². The van der Waals surface area contributed by atoms with Gasteiger partial charge in [-0.05, 0) is 33.0 Å². The molecule has 0 atom stereocenters. The van der Waals surface area contributed by atoms with Gasteiger partial charge in [-0.2, -0.15) is 0 Å². The first-order chi connectivity index (χ1) is 6.97. The third kappa shape index (κ3) is 2.91. The van der Waals surface area contributed by atoms with Crippen molar-refractivity contribution in [2.24, 2.45) is 0 Å². The second-order valence-electron chi connectivity index (χ2n) is 4.23. The maximum Gasteiger partial charge on any atom is 0.211 e. The van der Waals surface area contributed by atoms with Crippen LogP contribution >= 0.6 is 0 Å². The van der Waals surface area contributed by atoms with Crippen LogP contribution in [0, 0.1) is 0 Å². The molecule has 0 aliphatic carbocycles. The van der Waals surface area contributed by atoms with Gasteiger partial charge >= 0.3 is 0 Å². The van der Waals surface area contributed by atoms with Crippen LogP contribution in [-0.4, -0.2) is 41.5 Å². The van der Waals surface area contributed by atoms with E-state index in [4.69, 9.17) is 9.52 Å². The first kappa shape index (κ1) is 11.9. The zero-order valence-corrected chi connectivity index (χ0v) is 9.36. The van der Waals surface area contributed by atoms with Crippen LogP contribution in [0.3, 0.4) is 0 Å². The molecule has 1 rings (SSSR count). The van der Waals surface area contributed by atoms with E-state index in [0.717, 1.165) is 0 Å². The van der Waals surface area contributed by atoms with E-state index in [2.05, 4.69) is 0 Å². The zero-order valence-electron chi connectivity index (χ0n) is 9.36. The molecule has 0 bridgehead atoms. The molecule has 4 heteroatoms. The second kappa shape index (κ2) is 4.59. The quantitative estimate of drug-likeness (QED) is 0.743. The van der Waals surface area contributed by atoms with E-state index in [0.29, 0.717) is 5.76 Å². The zero-order chi connectivity index (χ0) is 11.5. The van der Waals surface area contributed by atoms with Crippen LogP contribution in [0.1, 0.15) is 24.4 Å². The first-order valence-electron chi connectivity index (χ1n) is 4.86. The lowest BCUT2D eigenvalue weighted by Crippen LogP contribution is -2.46. The fourth-order valence-electron chi connectivity index (χ4n) is 1.07. The number of hydrogen-bond donors (Lipinski definition) is 1. The van der Waals surface area contributed by atoms with Crippen molar-refractivity contribution in [1.82, 2.24) is 4.90 Å². The largest absolute Gasteiger partial charge is 0.461 e. The fraction of sp³-hybridized carbons (Fsp3) is 0.545. The molecule has 0 aromatic carbocycles. The van der Waals surface area contributed by atoms with Crippen molar-refractivity contribution in [3.05, 3.63) is 24.2 Å². The Balaban J connectivity index is 2.60. The van der Waals surface area contributed by atoms with Crippen LogP contribution in [0.2, 0.25) is 0 Å². The van der Waals surface area contributed by atoms with Crippen molar-refractivity contribution in [3.8, 4) is 0 Å². The van der Waals surface area contributed by atoms with E-state index in [9.17, 15) is 4.79 Å². The third-order valence-corrected chi connectivity index (χ3v) is 2.60. The molecule has 0 amide bonds. The number of nitrogens with zero attached hydrogens (tertiary/aromatic N) is 1. The van der Waals surface area contributed by atoms with Gasteiger partial charge in [0.1, 0.15) is 0 Å². The molecular formula is C11H17NO3. The van der Waals surface area contributed by atoms with E-state index in [-0.39, 0.29) is 18.9 Å². The molecule has 0 radical (unpaired) electrons. The molecular weight excluding hydrogens is 194 g/mol. The number of aliphatic hydroxyl groups is 1. The lowest BCUT2D eigenvalue weighted by atomic mass is 10.0. The van der Waals surface area contributed by atoms with Gasteiger partial charge in [0.25, 0.3) is 0 Å². The van der Waals surface area contributed by atoms with Gasteiger partial charge in [-0.1, -0.05) is 0 Å². The monoisotopic (exact) mass is 211 g/mol. The van der Waals surface area contributed by atoms with Crippen molar-refractivity contribution < 1.29 is 14.3 Å². The normalized spacial score (nSPS) is 12.1. The minimum Gasteiger partial charge on any atom is -0.461 e. The Hall–Kier alpha value is -1.13. The summed E-state index contributed by atoms with van der Waals surface area (Å²) in [4.78, 5) is 13.5. The highest BCUT2D eigenvalue weighted by atomic mass is 16.3. The second-order valence-corrected chi connectivity index (χ2v) is 4.23. The Bertz CT molecular complexity index is 317. The van der Waals surface area contributed by atoms with Crippen molar-refractivity contribution in [3.63, 3.8) is 0 Å². The molecule has 15 heavy (non-hydrogen) atoms. The van der Waals surface area contributed by atoms with Crippen molar-refractivity contribution in [2.75, 3.05) is 20.2 Å². The molecule has 0 aliphatic heterocycles. The molecule has 1 N–H and O–H groups in total. The van der Waals surface area contributed by atoms with Gasteiger partial charge in [0.2, 0.25) is 5.78 Å². The van der Waals surface area contributed by atoms with Crippen LogP contribution < -0.4 is 0 Å². The lowest BCUT2D eigenvalue weighted by Gasteiger charge is -2.32. The van der Waals surface area contributed by atoms with Gasteiger partial charge in [-0.15, -0.1) is 0 Å². The van der Waals surface area contributed by atoms with E-state index in [1.165, 1.54) is 6.26 Å². The summed E-state index contributed by atoms with van der Waals surface area (Å²) in [7, 11) is 1.80. The Morgan fingerprint density at radius 2 is 2.27 bits per heavy atom. The summed E-state index contributed by atoms with van der Waals surface area (Å²) in [6.45, 7) is 4.00. The van der Waals surface area contributed by atoms with Crippen molar-refractivity contribution >= 4 is 5.78 Å². The maximum atomic E-state index is 11.7. The van der Waals surface area contributed by atoms with E-state index < -0.39 is 5.54 Å². The average molecular weight is 211 g/mol.